The minimum absolute atomic E-state index is 0.0562. The van der Waals surface area contributed by atoms with Gasteiger partial charge in [0, 0.05) is 6.07 Å². The fourth-order valence-corrected chi connectivity index (χ4v) is 1.64. The number of methoxy groups -OCH3 is 1. The topological polar surface area (TPSA) is 82.6 Å². The monoisotopic (exact) mass is 235 g/mol. The van der Waals surface area contributed by atoms with E-state index in [1.165, 1.54) is 25.3 Å². The van der Waals surface area contributed by atoms with Gasteiger partial charge in [0.2, 0.25) is 11.3 Å². The van der Waals surface area contributed by atoms with Gasteiger partial charge in [0.05, 0.1) is 17.4 Å². The molecule has 0 saturated carbocycles. The first-order valence-electron chi connectivity index (χ1n) is 4.80. The van der Waals surface area contributed by atoms with E-state index in [4.69, 9.17) is 9.15 Å². The maximum atomic E-state index is 11.7. The molecule has 88 valence electrons. The second-order valence-corrected chi connectivity index (χ2v) is 3.47. The van der Waals surface area contributed by atoms with Crippen molar-refractivity contribution < 1.29 is 14.1 Å². The molecule has 2 rings (SSSR count). The first-order chi connectivity index (χ1) is 8.04. The molecule has 1 aromatic carbocycles. The molecule has 6 heteroatoms. The lowest BCUT2D eigenvalue weighted by Crippen LogP contribution is -2.03. The summed E-state index contributed by atoms with van der Waals surface area (Å²) in [7, 11) is 1.32. The first-order valence-corrected chi connectivity index (χ1v) is 4.80. The largest absolute Gasteiger partial charge is 0.490 e. The second kappa shape index (κ2) is 3.89. The Morgan fingerprint density at radius 2 is 2.12 bits per heavy atom. The number of nitro benzene ring substituents is 1. The lowest BCUT2D eigenvalue weighted by atomic mass is 10.2. The SMILES string of the molecule is COc1ccc2c(=O)cc(C)oc2c1[N+](=O)[O-]. The van der Waals surface area contributed by atoms with Crippen LogP contribution in [0.4, 0.5) is 5.69 Å². The number of nitro groups is 1. The van der Waals surface area contributed by atoms with Crippen molar-refractivity contribution in [1.82, 2.24) is 0 Å². The summed E-state index contributed by atoms with van der Waals surface area (Å²) < 4.78 is 10.1. The standard InChI is InChI=1S/C11H9NO5/c1-6-5-8(13)7-3-4-9(16-2)10(12(14)15)11(7)17-6/h3-5H,1-2H3. The smallest absolute Gasteiger partial charge is 0.353 e. The quantitative estimate of drug-likeness (QED) is 0.587. The zero-order valence-electron chi connectivity index (χ0n) is 9.22. The summed E-state index contributed by atoms with van der Waals surface area (Å²) in [6, 6.07) is 4.12. The molecule has 0 unspecified atom stereocenters. The van der Waals surface area contributed by atoms with Gasteiger partial charge in [-0.3, -0.25) is 14.9 Å². The lowest BCUT2D eigenvalue weighted by Gasteiger charge is -2.04. The average molecular weight is 235 g/mol. The van der Waals surface area contributed by atoms with E-state index < -0.39 is 4.92 Å². The number of aryl methyl sites for hydroxylation is 1. The summed E-state index contributed by atoms with van der Waals surface area (Å²) >= 11 is 0. The van der Waals surface area contributed by atoms with E-state index >= 15 is 0 Å². The Morgan fingerprint density at radius 1 is 1.41 bits per heavy atom. The molecule has 1 aromatic heterocycles. The van der Waals surface area contributed by atoms with Crippen molar-refractivity contribution in [2.75, 3.05) is 7.11 Å². The van der Waals surface area contributed by atoms with Crippen LogP contribution in [0.15, 0.2) is 27.4 Å². The third-order valence-electron chi connectivity index (χ3n) is 2.36. The van der Waals surface area contributed by atoms with Gasteiger partial charge < -0.3 is 9.15 Å². The number of hydrogen-bond donors (Lipinski definition) is 0. The summed E-state index contributed by atoms with van der Waals surface area (Å²) in [6.07, 6.45) is 0. The van der Waals surface area contributed by atoms with E-state index in [0.717, 1.165) is 0 Å². The molecule has 0 amide bonds. The number of rotatable bonds is 2. The molecule has 0 aliphatic carbocycles. The highest BCUT2D eigenvalue weighted by molar-refractivity contribution is 5.88. The molecule has 0 radical (unpaired) electrons. The predicted molar refractivity (Wildman–Crippen MR) is 60.4 cm³/mol. The van der Waals surface area contributed by atoms with Gasteiger partial charge >= 0.3 is 5.69 Å². The molecule has 0 atom stereocenters. The highest BCUT2D eigenvalue weighted by atomic mass is 16.6. The molecule has 0 spiro atoms. The van der Waals surface area contributed by atoms with Crippen LogP contribution in [-0.4, -0.2) is 12.0 Å². The summed E-state index contributed by atoms with van der Waals surface area (Å²) in [6.45, 7) is 1.56. The van der Waals surface area contributed by atoms with Crippen LogP contribution < -0.4 is 10.2 Å². The van der Waals surface area contributed by atoms with Crippen LogP contribution >= 0.6 is 0 Å². The van der Waals surface area contributed by atoms with Gasteiger partial charge in [0.25, 0.3) is 0 Å². The third kappa shape index (κ3) is 1.73. The average Bonchev–Trinajstić information content (AvgIpc) is 2.26. The molecular weight excluding hydrogens is 226 g/mol. The minimum atomic E-state index is -0.621. The first kappa shape index (κ1) is 11.1. The van der Waals surface area contributed by atoms with Crippen molar-refractivity contribution in [3.8, 4) is 5.75 Å². The molecular formula is C11H9NO5. The number of nitrogens with zero attached hydrogens (tertiary/aromatic N) is 1. The molecule has 6 nitrogen and oxygen atoms in total. The second-order valence-electron chi connectivity index (χ2n) is 3.47. The van der Waals surface area contributed by atoms with Gasteiger partial charge in [0.15, 0.2) is 5.43 Å². The van der Waals surface area contributed by atoms with E-state index in [1.54, 1.807) is 6.92 Å². The van der Waals surface area contributed by atoms with Crippen molar-refractivity contribution >= 4 is 16.7 Å². The summed E-state index contributed by atoms with van der Waals surface area (Å²) in [5.74, 6) is 0.384. The fourth-order valence-electron chi connectivity index (χ4n) is 1.64. The summed E-state index contributed by atoms with van der Waals surface area (Å²) in [5.41, 5.74) is -0.695. The fraction of sp³-hybridized carbons (Fsp3) is 0.182. The molecule has 0 aliphatic rings. The number of hydrogen-bond acceptors (Lipinski definition) is 5. The summed E-state index contributed by atoms with van der Waals surface area (Å²) in [4.78, 5) is 22.0. The van der Waals surface area contributed by atoms with Crippen LogP contribution in [0, 0.1) is 17.0 Å². The Bertz CT molecular complexity index is 659. The normalized spacial score (nSPS) is 10.5. The maximum Gasteiger partial charge on any atom is 0.353 e. The van der Waals surface area contributed by atoms with Gasteiger partial charge in [0.1, 0.15) is 5.76 Å². The highest BCUT2D eigenvalue weighted by Gasteiger charge is 2.23. The molecule has 17 heavy (non-hydrogen) atoms. The molecule has 0 saturated heterocycles. The van der Waals surface area contributed by atoms with Crippen LogP contribution in [0.2, 0.25) is 0 Å². The van der Waals surface area contributed by atoms with Crippen molar-refractivity contribution in [1.29, 1.82) is 0 Å². The van der Waals surface area contributed by atoms with Gasteiger partial charge in [-0.05, 0) is 19.1 Å². The molecule has 0 fully saturated rings. The Hall–Kier alpha value is -2.37. The van der Waals surface area contributed by atoms with Crippen molar-refractivity contribution in [3.63, 3.8) is 0 Å². The van der Waals surface area contributed by atoms with Crippen LogP contribution in [0.5, 0.6) is 5.75 Å². The molecule has 2 aromatic rings. The van der Waals surface area contributed by atoms with Crippen LogP contribution in [0.1, 0.15) is 5.76 Å². The van der Waals surface area contributed by atoms with Gasteiger partial charge in [-0.25, -0.2) is 0 Å². The van der Waals surface area contributed by atoms with Crippen molar-refractivity contribution in [2.24, 2.45) is 0 Å². The van der Waals surface area contributed by atoms with Gasteiger partial charge in [-0.2, -0.15) is 0 Å². The van der Waals surface area contributed by atoms with Crippen LogP contribution in [0.25, 0.3) is 11.0 Å². The Balaban J connectivity index is 2.99. The van der Waals surface area contributed by atoms with Crippen molar-refractivity contribution in [3.05, 3.63) is 44.3 Å². The highest BCUT2D eigenvalue weighted by Crippen LogP contribution is 2.34. The number of benzene rings is 1. The van der Waals surface area contributed by atoms with E-state index in [-0.39, 0.29) is 27.8 Å². The van der Waals surface area contributed by atoms with E-state index in [9.17, 15) is 14.9 Å². The molecule has 0 aliphatic heterocycles. The number of ether oxygens (including phenoxy) is 1. The maximum absolute atomic E-state index is 11.7. The van der Waals surface area contributed by atoms with Crippen LogP contribution in [-0.2, 0) is 0 Å². The van der Waals surface area contributed by atoms with Crippen LogP contribution in [0.3, 0.4) is 0 Å². The van der Waals surface area contributed by atoms with Gasteiger partial charge in [-0.15, -0.1) is 0 Å². The van der Waals surface area contributed by atoms with E-state index in [1.807, 2.05) is 0 Å². The lowest BCUT2D eigenvalue weighted by molar-refractivity contribution is -0.384. The Kier molecular flexibility index (Phi) is 2.55. The Labute approximate surface area is 95.6 Å². The third-order valence-corrected chi connectivity index (χ3v) is 2.36. The van der Waals surface area contributed by atoms with Crippen molar-refractivity contribution in [2.45, 2.75) is 6.92 Å². The summed E-state index contributed by atoms with van der Waals surface area (Å²) in [5, 5.41) is 11.2. The molecule has 1 heterocycles. The zero-order valence-corrected chi connectivity index (χ0v) is 9.22. The molecule has 0 N–H and O–H groups in total. The number of fused-ring (bicyclic) bond motifs is 1. The predicted octanol–water partition coefficient (Wildman–Crippen LogP) is 2.02. The van der Waals surface area contributed by atoms with E-state index in [2.05, 4.69) is 0 Å². The van der Waals surface area contributed by atoms with E-state index in [0.29, 0.717) is 5.76 Å². The Morgan fingerprint density at radius 3 is 2.71 bits per heavy atom. The van der Waals surface area contributed by atoms with Gasteiger partial charge in [-0.1, -0.05) is 0 Å². The minimum Gasteiger partial charge on any atom is -0.490 e. The molecule has 0 bridgehead atoms. The zero-order chi connectivity index (χ0) is 12.6.